The van der Waals surface area contributed by atoms with Crippen LogP contribution in [0.25, 0.3) is 10.8 Å². The zero-order valence-corrected chi connectivity index (χ0v) is 10.5. The Morgan fingerprint density at radius 1 is 1.48 bits per heavy atom. The number of carbonyl (C=O) groups is 1. The minimum atomic E-state index is -1.41. The smallest absolute Gasteiger partial charge is 0.328 e. The van der Waals surface area contributed by atoms with Crippen molar-refractivity contribution in [3.05, 3.63) is 40.3 Å². The van der Waals surface area contributed by atoms with Crippen molar-refractivity contribution in [3.63, 3.8) is 0 Å². The van der Waals surface area contributed by atoms with Gasteiger partial charge in [-0.2, -0.15) is 0 Å². The van der Waals surface area contributed by atoms with Gasteiger partial charge in [0, 0.05) is 17.6 Å². The van der Waals surface area contributed by atoms with Crippen molar-refractivity contribution in [3.8, 4) is 0 Å². The first kappa shape index (κ1) is 14.6. The maximum Gasteiger partial charge on any atom is 0.328 e. The predicted molar refractivity (Wildman–Crippen MR) is 70.5 cm³/mol. The van der Waals surface area contributed by atoms with Gasteiger partial charge in [0.1, 0.15) is 23.1 Å². The van der Waals surface area contributed by atoms with Crippen LogP contribution in [0.15, 0.2) is 24.4 Å². The number of aliphatic hydroxyl groups is 1. The number of fused-ring (bicyclic) bond motifs is 1. The number of aliphatic hydroxyl groups excluding tert-OH is 1. The van der Waals surface area contributed by atoms with Crippen molar-refractivity contribution in [2.24, 2.45) is 0 Å². The standard InChI is InChI=1S/C12H10FN3O5/c13-7-1-2-9(16(20)21)10-6(7)3-4-14-11(10)15-8(5-17)12(18)19/h1-4,8,17H,5H2,(H,14,15)(H,18,19). The van der Waals surface area contributed by atoms with Gasteiger partial charge in [-0.1, -0.05) is 0 Å². The second-order valence-corrected chi connectivity index (χ2v) is 4.12. The first-order chi connectivity index (χ1) is 9.95. The van der Waals surface area contributed by atoms with Gasteiger partial charge in [0.05, 0.1) is 11.5 Å². The molecule has 0 aliphatic carbocycles. The number of carboxylic acids is 1. The molecule has 1 aromatic heterocycles. The van der Waals surface area contributed by atoms with Crippen LogP contribution in [0.1, 0.15) is 0 Å². The van der Waals surface area contributed by atoms with Gasteiger partial charge in [-0.25, -0.2) is 14.2 Å². The number of carboxylic acid groups (broad SMARTS) is 1. The Labute approximate surface area is 117 Å². The topological polar surface area (TPSA) is 126 Å². The minimum Gasteiger partial charge on any atom is -0.480 e. The third kappa shape index (κ3) is 2.72. The van der Waals surface area contributed by atoms with Gasteiger partial charge >= 0.3 is 5.97 Å². The number of anilines is 1. The van der Waals surface area contributed by atoms with E-state index < -0.39 is 35.0 Å². The summed E-state index contributed by atoms with van der Waals surface area (Å²) in [4.78, 5) is 25.0. The van der Waals surface area contributed by atoms with Crippen LogP contribution in [0.4, 0.5) is 15.9 Å². The molecule has 0 amide bonds. The first-order valence-corrected chi connectivity index (χ1v) is 5.77. The summed E-state index contributed by atoms with van der Waals surface area (Å²) in [7, 11) is 0. The van der Waals surface area contributed by atoms with Gasteiger partial charge in [-0.05, 0) is 12.1 Å². The number of nitro benzene ring substituents is 1. The summed E-state index contributed by atoms with van der Waals surface area (Å²) in [6.45, 7) is -0.753. The van der Waals surface area contributed by atoms with Crippen molar-refractivity contribution >= 4 is 28.2 Å². The van der Waals surface area contributed by atoms with Crippen LogP contribution in [0.5, 0.6) is 0 Å². The van der Waals surface area contributed by atoms with E-state index in [1.54, 1.807) is 0 Å². The molecule has 0 aliphatic heterocycles. The summed E-state index contributed by atoms with van der Waals surface area (Å²) in [6.07, 6.45) is 1.19. The van der Waals surface area contributed by atoms with E-state index in [1.807, 2.05) is 0 Å². The van der Waals surface area contributed by atoms with Gasteiger partial charge < -0.3 is 15.5 Å². The molecular weight excluding hydrogens is 285 g/mol. The van der Waals surface area contributed by atoms with Crippen molar-refractivity contribution in [1.82, 2.24) is 4.98 Å². The Bertz CT molecular complexity index is 721. The van der Waals surface area contributed by atoms with E-state index in [-0.39, 0.29) is 16.6 Å². The van der Waals surface area contributed by atoms with E-state index in [4.69, 9.17) is 10.2 Å². The number of halogens is 1. The van der Waals surface area contributed by atoms with Crippen molar-refractivity contribution in [2.75, 3.05) is 11.9 Å². The molecule has 1 aromatic carbocycles. The van der Waals surface area contributed by atoms with Gasteiger partial charge in [-0.15, -0.1) is 0 Å². The zero-order valence-electron chi connectivity index (χ0n) is 10.5. The van der Waals surface area contributed by atoms with E-state index in [1.165, 1.54) is 12.3 Å². The Hall–Kier alpha value is -2.81. The number of non-ortho nitro benzene ring substituents is 1. The summed E-state index contributed by atoms with van der Waals surface area (Å²) in [5.41, 5.74) is -0.413. The predicted octanol–water partition coefficient (Wildman–Crippen LogP) is 1.14. The second kappa shape index (κ2) is 5.67. The van der Waals surface area contributed by atoms with Crippen LogP contribution in [0, 0.1) is 15.9 Å². The van der Waals surface area contributed by atoms with Gasteiger partial charge in [-0.3, -0.25) is 10.1 Å². The lowest BCUT2D eigenvalue weighted by atomic mass is 10.1. The number of nitro groups is 1. The molecule has 0 saturated heterocycles. The Morgan fingerprint density at radius 2 is 2.19 bits per heavy atom. The number of rotatable bonds is 5. The van der Waals surface area contributed by atoms with E-state index in [2.05, 4.69) is 10.3 Å². The quantitative estimate of drug-likeness (QED) is 0.557. The Kier molecular flexibility index (Phi) is 3.94. The lowest BCUT2D eigenvalue weighted by molar-refractivity contribution is -0.383. The lowest BCUT2D eigenvalue weighted by Gasteiger charge is -2.14. The Balaban J connectivity index is 2.66. The van der Waals surface area contributed by atoms with E-state index in [0.717, 1.165) is 12.1 Å². The summed E-state index contributed by atoms with van der Waals surface area (Å²) in [5, 5.41) is 31.0. The summed E-state index contributed by atoms with van der Waals surface area (Å²) in [5.74, 6) is -2.24. The van der Waals surface area contributed by atoms with Crippen molar-refractivity contribution in [1.29, 1.82) is 0 Å². The molecule has 0 aliphatic rings. The fourth-order valence-corrected chi connectivity index (χ4v) is 1.86. The zero-order chi connectivity index (χ0) is 15.6. The number of aliphatic carboxylic acids is 1. The average molecular weight is 295 g/mol. The van der Waals surface area contributed by atoms with E-state index >= 15 is 0 Å². The van der Waals surface area contributed by atoms with Crippen LogP contribution in [-0.2, 0) is 4.79 Å². The molecule has 0 saturated carbocycles. The molecule has 1 heterocycles. The fraction of sp³-hybridized carbons (Fsp3) is 0.167. The molecule has 0 fully saturated rings. The highest BCUT2D eigenvalue weighted by molar-refractivity contribution is 6.00. The monoisotopic (exact) mass is 295 g/mol. The molecule has 0 bridgehead atoms. The highest BCUT2D eigenvalue weighted by atomic mass is 19.1. The molecular formula is C12H10FN3O5. The van der Waals surface area contributed by atoms with Gasteiger partial charge in [0.25, 0.3) is 5.69 Å². The van der Waals surface area contributed by atoms with Gasteiger partial charge in [0.15, 0.2) is 0 Å². The lowest BCUT2D eigenvalue weighted by Crippen LogP contribution is -2.33. The molecule has 3 N–H and O–H groups in total. The van der Waals surface area contributed by atoms with Crippen molar-refractivity contribution in [2.45, 2.75) is 6.04 Å². The molecule has 9 heteroatoms. The summed E-state index contributed by atoms with van der Waals surface area (Å²) < 4.78 is 13.7. The summed E-state index contributed by atoms with van der Waals surface area (Å²) >= 11 is 0. The molecule has 110 valence electrons. The normalized spacial score (nSPS) is 12.1. The van der Waals surface area contributed by atoms with Crippen LogP contribution < -0.4 is 5.32 Å². The summed E-state index contributed by atoms with van der Waals surface area (Å²) in [6, 6.07) is 1.76. The van der Waals surface area contributed by atoms with Crippen LogP contribution >= 0.6 is 0 Å². The number of pyridine rings is 1. The highest BCUT2D eigenvalue weighted by Crippen LogP contribution is 2.32. The first-order valence-electron chi connectivity index (χ1n) is 5.77. The van der Waals surface area contributed by atoms with Crippen LogP contribution in [-0.4, -0.2) is 38.7 Å². The highest BCUT2D eigenvalue weighted by Gasteiger charge is 2.23. The van der Waals surface area contributed by atoms with E-state index in [0.29, 0.717) is 0 Å². The number of aromatic nitrogens is 1. The van der Waals surface area contributed by atoms with Gasteiger partial charge in [0.2, 0.25) is 0 Å². The molecule has 0 spiro atoms. The van der Waals surface area contributed by atoms with Crippen molar-refractivity contribution < 1.29 is 24.3 Å². The molecule has 2 aromatic rings. The molecule has 0 radical (unpaired) electrons. The number of hydrogen-bond acceptors (Lipinski definition) is 6. The molecule has 8 nitrogen and oxygen atoms in total. The number of hydrogen-bond donors (Lipinski definition) is 3. The van der Waals surface area contributed by atoms with E-state index in [9.17, 15) is 19.3 Å². The third-order valence-corrected chi connectivity index (χ3v) is 2.84. The third-order valence-electron chi connectivity index (χ3n) is 2.84. The SMILES string of the molecule is O=C(O)C(CO)Nc1nccc2c(F)ccc([N+](=O)[O-])c12. The molecule has 1 atom stereocenters. The van der Waals surface area contributed by atoms with Crippen LogP contribution in [0.3, 0.4) is 0 Å². The fourth-order valence-electron chi connectivity index (χ4n) is 1.86. The van der Waals surface area contributed by atoms with Crippen LogP contribution in [0.2, 0.25) is 0 Å². The molecule has 1 unspecified atom stereocenters. The maximum atomic E-state index is 13.7. The minimum absolute atomic E-state index is 0.0659. The largest absolute Gasteiger partial charge is 0.480 e. The Morgan fingerprint density at radius 3 is 2.76 bits per heavy atom. The second-order valence-electron chi connectivity index (χ2n) is 4.12. The average Bonchev–Trinajstić information content (AvgIpc) is 2.44. The number of benzene rings is 1. The maximum absolute atomic E-state index is 13.7. The number of nitrogens with zero attached hydrogens (tertiary/aromatic N) is 2. The molecule has 21 heavy (non-hydrogen) atoms. The molecule has 2 rings (SSSR count). The number of nitrogens with one attached hydrogen (secondary N) is 1.